The van der Waals surface area contributed by atoms with Gasteiger partial charge in [0.2, 0.25) is 5.88 Å². The van der Waals surface area contributed by atoms with Crippen molar-refractivity contribution in [1.29, 1.82) is 0 Å². The third kappa shape index (κ3) is 5.41. The van der Waals surface area contributed by atoms with Crippen LogP contribution in [0.4, 0.5) is 17.3 Å². The number of hydrogen-bond donors (Lipinski definition) is 4. The van der Waals surface area contributed by atoms with Crippen LogP contribution in [0.3, 0.4) is 0 Å². The number of aromatic nitrogens is 4. The summed E-state index contributed by atoms with van der Waals surface area (Å²) < 4.78 is 7.56. The van der Waals surface area contributed by atoms with E-state index in [1.807, 2.05) is 35.7 Å². The van der Waals surface area contributed by atoms with E-state index in [2.05, 4.69) is 31.0 Å². The number of amides is 1. The fourth-order valence-corrected chi connectivity index (χ4v) is 3.92. The molecule has 13 heteroatoms. The number of pyridine rings is 1. The van der Waals surface area contributed by atoms with E-state index in [4.69, 9.17) is 4.74 Å². The van der Waals surface area contributed by atoms with Crippen molar-refractivity contribution < 1.29 is 14.6 Å². The number of nitrogens with one attached hydrogen (secondary N) is 3. The molecule has 1 amide bonds. The number of carbonyl (C=O) groups excluding carboxylic acids is 1. The molecule has 33 heavy (non-hydrogen) atoms. The zero-order valence-corrected chi connectivity index (χ0v) is 19.4. The van der Waals surface area contributed by atoms with Crippen molar-refractivity contribution in [3.63, 3.8) is 0 Å². The smallest absolute Gasteiger partial charge is 0.256 e. The number of rotatable bonds is 7. The Bertz CT molecular complexity index is 1150. The van der Waals surface area contributed by atoms with Crippen molar-refractivity contribution in [1.82, 2.24) is 24.9 Å². The molecular formula is C20H28B3N7O3. The first-order valence-corrected chi connectivity index (χ1v) is 11.2. The summed E-state index contributed by atoms with van der Waals surface area (Å²) in [6, 6.07) is 5.41. The fraction of sp³-hybridized carbons (Fsp3) is 0.400. The number of nitrogens with zero attached hydrogens (tertiary/aromatic N) is 4. The van der Waals surface area contributed by atoms with Gasteiger partial charge in [0, 0.05) is 30.7 Å². The molecule has 1 fully saturated rings. The Labute approximate surface area is 195 Å². The number of hydrogen-bond acceptors (Lipinski definition) is 8. The molecule has 3 aromatic heterocycles. The number of aliphatic hydroxyl groups excluding tert-OH is 1. The molecule has 0 bridgehead atoms. The van der Waals surface area contributed by atoms with Crippen molar-refractivity contribution in [3.8, 4) is 5.88 Å². The highest BCUT2D eigenvalue weighted by Gasteiger charge is 2.24. The van der Waals surface area contributed by atoms with E-state index >= 15 is 0 Å². The van der Waals surface area contributed by atoms with E-state index in [1.165, 1.54) is 6.20 Å². The largest absolute Gasteiger partial charge is 0.497 e. The van der Waals surface area contributed by atoms with Gasteiger partial charge in [-0.05, 0) is 37.8 Å². The summed E-state index contributed by atoms with van der Waals surface area (Å²) in [5.74, 6) is 1.38. The molecule has 170 valence electrons. The second-order valence-electron chi connectivity index (χ2n) is 9.26. The highest BCUT2D eigenvalue weighted by molar-refractivity contribution is 6.58. The summed E-state index contributed by atoms with van der Waals surface area (Å²) in [6.07, 6.45) is 5.89. The first kappa shape index (κ1) is 23.0. The molecular weight excluding hydrogens is 419 g/mol. The first-order valence-electron chi connectivity index (χ1n) is 11.2. The van der Waals surface area contributed by atoms with E-state index in [9.17, 15) is 9.90 Å². The molecule has 0 aliphatic heterocycles. The standard InChI is InChI=1S/C20H28B3N7O3/c1-24-16-9-15(28-14-6-3-7-25-19(14)33-20(21,22)23)29-17-13(10-26-30(16)17)18(32)27-11-4-2-5-12(31)8-11/h3,6-7,9-12,24,31H,2,4-5,8,21-23H2,1H3,(H,27,32)(H,28,29)/t11-,12-/m1/s1. The zero-order valence-electron chi connectivity index (χ0n) is 19.4. The summed E-state index contributed by atoms with van der Waals surface area (Å²) in [5, 5.41) is 23.2. The maximum atomic E-state index is 13.0. The van der Waals surface area contributed by atoms with Gasteiger partial charge in [0.15, 0.2) is 5.65 Å². The van der Waals surface area contributed by atoms with Crippen molar-refractivity contribution >= 4 is 52.4 Å². The molecule has 10 nitrogen and oxygen atoms in total. The zero-order chi connectivity index (χ0) is 23.6. The number of carbonyl (C=O) groups is 1. The number of aliphatic hydroxyl groups is 1. The van der Waals surface area contributed by atoms with Crippen molar-refractivity contribution in [3.05, 3.63) is 36.2 Å². The molecule has 2 atom stereocenters. The van der Waals surface area contributed by atoms with Gasteiger partial charge in [-0.2, -0.15) is 9.61 Å². The minimum Gasteiger partial charge on any atom is -0.497 e. The molecule has 0 unspecified atom stereocenters. The number of fused-ring (bicyclic) bond motifs is 1. The Morgan fingerprint density at radius 1 is 1.33 bits per heavy atom. The van der Waals surface area contributed by atoms with E-state index in [-0.39, 0.29) is 18.1 Å². The molecule has 0 aromatic carbocycles. The third-order valence-electron chi connectivity index (χ3n) is 5.39. The predicted octanol–water partition coefficient (Wildman–Crippen LogP) is -1.17. The summed E-state index contributed by atoms with van der Waals surface area (Å²) >= 11 is 0. The monoisotopic (exact) mass is 447 g/mol. The average Bonchev–Trinajstić information content (AvgIpc) is 3.18. The summed E-state index contributed by atoms with van der Waals surface area (Å²) in [4.78, 5) is 22.0. The molecule has 1 aliphatic rings. The van der Waals surface area contributed by atoms with Gasteiger partial charge in [-0.1, -0.05) is 0 Å². The normalized spacial score (nSPS) is 18.6. The molecule has 1 aliphatic carbocycles. The van der Waals surface area contributed by atoms with E-state index in [0.717, 1.165) is 19.3 Å². The maximum Gasteiger partial charge on any atom is 0.256 e. The molecule has 3 heterocycles. The fourth-order valence-electron chi connectivity index (χ4n) is 3.92. The number of ether oxygens (including phenoxy) is 1. The molecule has 1 saturated carbocycles. The van der Waals surface area contributed by atoms with Crippen molar-refractivity contribution in [2.24, 2.45) is 0 Å². The molecule has 0 spiro atoms. The van der Waals surface area contributed by atoms with Crippen LogP contribution in [0.2, 0.25) is 0 Å². The van der Waals surface area contributed by atoms with Gasteiger partial charge in [-0.15, -0.1) is 0 Å². The van der Waals surface area contributed by atoms with Crippen LogP contribution in [-0.2, 0) is 0 Å². The summed E-state index contributed by atoms with van der Waals surface area (Å²) in [5.41, 5.74) is 1.45. The van der Waals surface area contributed by atoms with Crippen LogP contribution in [0.1, 0.15) is 36.0 Å². The lowest BCUT2D eigenvalue weighted by molar-refractivity contribution is 0.0851. The quantitative estimate of drug-likeness (QED) is 0.335. The van der Waals surface area contributed by atoms with Crippen LogP contribution in [0, 0.1) is 0 Å². The Morgan fingerprint density at radius 3 is 2.88 bits per heavy atom. The summed E-state index contributed by atoms with van der Waals surface area (Å²) in [6.45, 7) is 0. The van der Waals surface area contributed by atoms with Gasteiger partial charge in [0.05, 0.1) is 12.3 Å². The molecule has 3 aromatic rings. The lowest BCUT2D eigenvalue weighted by Crippen LogP contribution is -2.39. The SMILES string of the molecule is BC(B)(B)Oc1ncccc1Nc1cc(NC)n2ncc(C(=O)N[C@@H]3CCC[C@@H](O)C3)c2n1. The molecule has 0 saturated heterocycles. The van der Waals surface area contributed by atoms with Crippen LogP contribution in [0.5, 0.6) is 5.88 Å². The Morgan fingerprint density at radius 2 is 2.15 bits per heavy atom. The Balaban J connectivity index is 1.64. The first-order chi connectivity index (χ1) is 15.7. The second kappa shape index (κ2) is 9.34. The highest BCUT2D eigenvalue weighted by atomic mass is 16.5. The molecule has 4 N–H and O–H groups in total. The maximum absolute atomic E-state index is 13.0. The summed E-state index contributed by atoms with van der Waals surface area (Å²) in [7, 11) is 7.65. The van der Waals surface area contributed by atoms with E-state index in [0.29, 0.717) is 40.8 Å². The topological polar surface area (TPSA) is 126 Å². The van der Waals surface area contributed by atoms with Crippen LogP contribution < -0.4 is 20.7 Å². The van der Waals surface area contributed by atoms with Crippen LogP contribution >= 0.6 is 0 Å². The van der Waals surface area contributed by atoms with Crippen LogP contribution in [0.15, 0.2) is 30.6 Å². The van der Waals surface area contributed by atoms with E-state index in [1.54, 1.807) is 23.8 Å². The number of anilines is 3. The lowest BCUT2D eigenvalue weighted by atomic mass is 9.52. The highest BCUT2D eigenvalue weighted by Crippen LogP contribution is 2.28. The predicted molar refractivity (Wildman–Crippen MR) is 135 cm³/mol. The van der Waals surface area contributed by atoms with Gasteiger partial charge in [0.1, 0.15) is 46.4 Å². The van der Waals surface area contributed by atoms with Crippen LogP contribution in [-0.4, -0.2) is 78.6 Å². The Hall–Kier alpha value is -3.21. The Kier molecular flexibility index (Phi) is 6.50. The van der Waals surface area contributed by atoms with Gasteiger partial charge in [-0.3, -0.25) is 4.79 Å². The molecule has 0 radical (unpaired) electrons. The minimum atomic E-state index is -0.415. The minimum absolute atomic E-state index is 0.0613. The van der Waals surface area contributed by atoms with Crippen molar-refractivity contribution in [2.75, 3.05) is 17.7 Å². The van der Waals surface area contributed by atoms with E-state index < -0.39 is 5.30 Å². The third-order valence-corrected chi connectivity index (χ3v) is 5.39. The second-order valence-corrected chi connectivity index (χ2v) is 9.26. The van der Waals surface area contributed by atoms with Crippen LogP contribution in [0.25, 0.3) is 5.65 Å². The van der Waals surface area contributed by atoms with Gasteiger partial charge in [0.25, 0.3) is 5.91 Å². The average molecular weight is 447 g/mol. The molecule has 4 rings (SSSR count). The van der Waals surface area contributed by atoms with Gasteiger partial charge in [-0.25, -0.2) is 9.97 Å². The van der Waals surface area contributed by atoms with Gasteiger partial charge < -0.3 is 25.8 Å². The lowest BCUT2D eigenvalue weighted by Gasteiger charge is -2.26. The van der Waals surface area contributed by atoms with Gasteiger partial charge >= 0.3 is 0 Å². The van der Waals surface area contributed by atoms with Crippen molar-refractivity contribution in [2.45, 2.75) is 43.1 Å².